The number of hydrogen-bond donors (Lipinski definition) is 1. The van der Waals surface area contributed by atoms with E-state index >= 15 is 0 Å². The first kappa shape index (κ1) is 13.4. The van der Waals surface area contributed by atoms with Crippen LogP contribution in [0.1, 0.15) is 19.8 Å². The van der Waals surface area contributed by atoms with Crippen LogP contribution in [0.15, 0.2) is 30.3 Å². The normalized spacial score (nSPS) is 23.6. The average molecular weight is 273 g/mol. The Morgan fingerprint density at radius 2 is 2.00 bits per heavy atom. The molecule has 0 spiro atoms. The van der Waals surface area contributed by atoms with Crippen molar-refractivity contribution < 1.29 is 4.79 Å². The van der Waals surface area contributed by atoms with E-state index in [0.29, 0.717) is 18.6 Å². The smallest absolute Gasteiger partial charge is 0.234 e. The lowest BCUT2D eigenvalue weighted by molar-refractivity contribution is -0.123. The number of nitrogens with zero attached hydrogens (tertiary/aromatic N) is 2. The van der Waals surface area contributed by atoms with Crippen molar-refractivity contribution in [2.75, 3.05) is 31.1 Å². The molecule has 2 aliphatic rings. The van der Waals surface area contributed by atoms with Crippen LogP contribution in [0.3, 0.4) is 0 Å². The van der Waals surface area contributed by atoms with Crippen LogP contribution in [0, 0.1) is 0 Å². The van der Waals surface area contributed by atoms with Gasteiger partial charge in [-0.2, -0.15) is 0 Å². The second-order valence-electron chi connectivity index (χ2n) is 5.94. The minimum Gasteiger partial charge on any atom is -0.369 e. The third-order valence-corrected chi connectivity index (χ3v) is 4.18. The van der Waals surface area contributed by atoms with Crippen molar-refractivity contribution in [3.8, 4) is 0 Å². The van der Waals surface area contributed by atoms with Gasteiger partial charge in [0.25, 0.3) is 0 Å². The molecule has 1 unspecified atom stereocenters. The molecule has 1 saturated carbocycles. The molecule has 1 N–H and O–H groups in total. The van der Waals surface area contributed by atoms with Gasteiger partial charge in [-0.15, -0.1) is 0 Å². The Bertz CT molecular complexity index is 458. The zero-order valence-corrected chi connectivity index (χ0v) is 12.1. The van der Waals surface area contributed by atoms with Gasteiger partial charge < -0.3 is 10.2 Å². The van der Waals surface area contributed by atoms with Crippen LogP contribution in [0.25, 0.3) is 0 Å². The summed E-state index contributed by atoms with van der Waals surface area (Å²) in [6, 6.07) is 11.4. The first-order valence-corrected chi connectivity index (χ1v) is 7.56. The Labute approximate surface area is 120 Å². The molecule has 4 nitrogen and oxygen atoms in total. The van der Waals surface area contributed by atoms with Gasteiger partial charge in [-0.25, -0.2) is 0 Å². The first-order chi connectivity index (χ1) is 9.72. The van der Waals surface area contributed by atoms with E-state index in [-0.39, 0.29) is 5.91 Å². The van der Waals surface area contributed by atoms with Crippen molar-refractivity contribution in [1.29, 1.82) is 0 Å². The number of benzene rings is 1. The van der Waals surface area contributed by atoms with Gasteiger partial charge in [0.1, 0.15) is 0 Å². The number of anilines is 1. The lowest BCUT2D eigenvalue weighted by atomic mass is 10.1. The molecule has 3 rings (SSSR count). The predicted molar refractivity (Wildman–Crippen MR) is 80.9 cm³/mol. The SMILES string of the molecule is CC1CN(c2ccccc2)CCN1CC(=O)NC1CC1. The highest BCUT2D eigenvalue weighted by atomic mass is 16.2. The molecule has 0 radical (unpaired) electrons. The summed E-state index contributed by atoms with van der Waals surface area (Å²) in [5.41, 5.74) is 1.28. The van der Waals surface area contributed by atoms with E-state index in [4.69, 9.17) is 0 Å². The van der Waals surface area contributed by atoms with E-state index in [1.54, 1.807) is 0 Å². The molecule has 0 bridgehead atoms. The Balaban J connectivity index is 1.52. The van der Waals surface area contributed by atoms with Crippen LogP contribution in [-0.4, -0.2) is 49.1 Å². The Morgan fingerprint density at radius 1 is 1.25 bits per heavy atom. The van der Waals surface area contributed by atoms with Crippen LogP contribution in [-0.2, 0) is 4.79 Å². The zero-order valence-electron chi connectivity index (χ0n) is 12.1. The van der Waals surface area contributed by atoms with Crippen LogP contribution in [0.4, 0.5) is 5.69 Å². The second-order valence-corrected chi connectivity index (χ2v) is 5.94. The molecule has 108 valence electrons. The fourth-order valence-corrected chi connectivity index (χ4v) is 2.79. The standard InChI is InChI=1S/C16H23N3O/c1-13-11-19(15-5-3-2-4-6-15)10-9-18(13)12-16(20)17-14-7-8-14/h2-6,13-14H,7-12H2,1H3,(H,17,20). The van der Waals surface area contributed by atoms with E-state index in [9.17, 15) is 4.79 Å². The summed E-state index contributed by atoms with van der Waals surface area (Å²) in [5, 5.41) is 3.07. The Hall–Kier alpha value is -1.55. The van der Waals surface area contributed by atoms with E-state index in [1.807, 2.05) is 6.07 Å². The molecule has 4 heteroatoms. The van der Waals surface area contributed by atoms with Crippen molar-refractivity contribution in [2.45, 2.75) is 31.8 Å². The molecule has 1 saturated heterocycles. The average Bonchev–Trinajstić information content (AvgIpc) is 3.26. The third-order valence-electron chi connectivity index (χ3n) is 4.18. The highest BCUT2D eigenvalue weighted by Crippen LogP contribution is 2.20. The van der Waals surface area contributed by atoms with Crippen molar-refractivity contribution >= 4 is 11.6 Å². The molecule has 20 heavy (non-hydrogen) atoms. The number of amides is 1. The monoisotopic (exact) mass is 273 g/mol. The van der Waals surface area contributed by atoms with E-state index in [0.717, 1.165) is 32.5 Å². The quantitative estimate of drug-likeness (QED) is 0.902. The van der Waals surface area contributed by atoms with Gasteiger partial charge in [-0.05, 0) is 31.9 Å². The minimum absolute atomic E-state index is 0.188. The fourth-order valence-electron chi connectivity index (χ4n) is 2.79. The Kier molecular flexibility index (Phi) is 3.92. The maximum Gasteiger partial charge on any atom is 0.234 e. The van der Waals surface area contributed by atoms with Gasteiger partial charge in [0.2, 0.25) is 5.91 Å². The molecular formula is C16H23N3O. The van der Waals surface area contributed by atoms with Crippen molar-refractivity contribution in [1.82, 2.24) is 10.2 Å². The molecule has 2 fully saturated rings. The van der Waals surface area contributed by atoms with E-state index < -0.39 is 0 Å². The van der Waals surface area contributed by atoms with Crippen LogP contribution in [0.5, 0.6) is 0 Å². The predicted octanol–water partition coefficient (Wildman–Crippen LogP) is 1.48. The van der Waals surface area contributed by atoms with Gasteiger partial charge in [0.15, 0.2) is 0 Å². The van der Waals surface area contributed by atoms with Gasteiger partial charge in [0.05, 0.1) is 6.54 Å². The molecule has 1 amide bonds. The van der Waals surface area contributed by atoms with Crippen LogP contribution >= 0.6 is 0 Å². The molecule has 1 aromatic carbocycles. The highest BCUT2D eigenvalue weighted by Gasteiger charge is 2.28. The molecule has 1 aromatic rings. The first-order valence-electron chi connectivity index (χ1n) is 7.56. The lowest BCUT2D eigenvalue weighted by Gasteiger charge is -2.40. The highest BCUT2D eigenvalue weighted by molar-refractivity contribution is 5.78. The molecule has 1 atom stereocenters. The number of carbonyl (C=O) groups excluding carboxylic acids is 1. The van der Waals surface area contributed by atoms with Crippen molar-refractivity contribution in [2.24, 2.45) is 0 Å². The molecule has 1 aliphatic heterocycles. The zero-order chi connectivity index (χ0) is 13.9. The second kappa shape index (κ2) is 5.83. The summed E-state index contributed by atoms with van der Waals surface area (Å²) >= 11 is 0. The number of rotatable bonds is 4. The number of carbonyl (C=O) groups is 1. The topological polar surface area (TPSA) is 35.6 Å². The number of hydrogen-bond acceptors (Lipinski definition) is 3. The summed E-state index contributed by atoms with van der Waals surface area (Å²) in [7, 11) is 0. The van der Waals surface area contributed by atoms with Crippen LogP contribution < -0.4 is 10.2 Å². The van der Waals surface area contributed by atoms with Crippen LogP contribution in [0.2, 0.25) is 0 Å². The lowest BCUT2D eigenvalue weighted by Crippen LogP contribution is -2.54. The number of piperazine rings is 1. The molecule has 0 aromatic heterocycles. The van der Waals surface area contributed by atoms with E-state index in [1.165, 1.54) is 5.69 Å². The third kappa shape index (κ3) is 3.31. The van der Waals surface area contributed by atoms with Gasteiger partial charge in [0, 0.05) is 37.4 Å². The summed E-state index contributed by atoms with van der Waals surface area (Å²) < 4.78 is 0. The molecule has 1 aliphatic carbocycles. The van der Waals surface area contributed by atoms with Crippen molar-refractivity contribution in [3.63, 3.8) is 0 Å². The number of nitrogens with one attached hydrogen (secondary N) is 1. The van der Waals surface area contributed by atoms with Gasteiger partial charge >= 0.3 is 0 Å². The largest absolute Gasteiger partial charge is 0.369 e. The molecular weight excluding hydrogens is 250 g/mol. The summed E-state index contributed by atoms with van der Waals surface area (Å²) in [4.78, 5) is 16.6. The molecule has 1 heterocycles. The van der Waals surface area contributed by atoms with E-state index in [2.05, 4.69) is 46.3 Å². The summed E-state index contributed by atoms with van der Waals surface area (Å²) in [5.74, 6) is 0.188. The van der Waals surface area contributed by atoms with Gasteiger partial charge in [-0.1, -0.05) is 18.2 Å². The fraction of sp³-hybridized carbons (Fsp3) is 0.562. The Morgan fingerprint density at radius 3 is 2.65 bits per heavy atom. The maximum atomic E-state index is 11.9. The van der Waals surface area contributed by atoms with Gasteiger partial charge in [-0.3, -0.25) is 9.69 Å². The number of para-hydroxylation sites is 1. The maximum absolute atomic E-state index is 11.9. The summed E-state index contributed by atoms with van der Waals surface area (Å²) in [6.45, 7) is 5.68. The summed E-state index contributed by atoms with van der Waals surface area (Å²) in [6.07, 6.45) is 2.31. The minimum atomic E-state index is 0.188. The van der Waals surface area contributed by atoms with Crippen molar-refractivity contribution in [3.05, 3.63) is 30.3 Å².